The van der Waals surface area contributed by atoms with Crippen LogP contribution in [0.4, 0.5) is 0 Å². The van der Waals surface area contributed by atoms with E-state index in [0.29, 0.717) is 5.75 Å². The topological polar surface area (TPSA) is 67.4 Å². The maximum Gasteiger partial charge on any atom is 0.309 e. The number of likely N-dealkylation sites (N-methyl/N-ethyl adjacent to an activating group) is 1. The minimum atomic E-state index is -0.659. The van der Waals surface area contributed by atoms with Crippen LogP contribution < -0.4 is 15.4 Å². The molecular formula is C11H14N2O3. The van der Waals surface area contributed by atoms with Gasteiger partial charge in [-0.3, -0.25) is 9.59 Å². The van der Waals surface area contributed by atoms with Crippen LogP contribution in [0.25, 0.3) is 0 Å². The van der Waals surface area contributed by atoms with Gasteiger partial charge in [0.25, 0.3) is 0 Å². The molecule has 5 nitrogen and oxygen atoms in total. The highest BCUT2D eigenvalue weighted by molar-refractivity contribution is 6.34. The zero-order valence-corrected chi connectivity index (χ0v) is 9.24. The highest BCUT2D eigenvalue weighted by Gasteiger charge is 2.11. The summed E-state index contributed by atoms with van der Waals surface area (Å²) in [5, 5.41) is 4.74. The van der Waals surface area contributed by atoms with E-state index in [9.17, 15) is 9.59 Å². The van der Waals surface area contributed by atoms with Crippen molar-refractivity contribution in [3.05, 3.63) is 29.8 Å². The Morgan fingerprint density at radius 3 is 2.56 bits per heavy atom. The van der Waals surface area contributed by atoms with Gasteiger partial charge in [-0.2, -0.15) is 0 Å². The summed E-state index contributed by atoms with van der Waals surface area (Å²) in [6, 6.07) is 7.29. The standard InChI is InChI=1S/C11H14N2O3/c1-12-10(14)11(15)13-7-8-5-3-4-6-9(8)16-2/h3-6H,7H2,1-2H3,(H,12,14)(H,13,15). The molecule has 1 aromatic rings. The highest BCUT2D eigenvalue weighted by Crippen LogP contribution is 2.16. The van der Waals surface area contributed by atoms with Crippen LogP contribution in [0.1, 0.15) is 5.56 Å². The number of methoxy groups -OCH3 is 1. The summed E-state index contributed by atoms with van der Waals surface area (Å²) >= 11 is 0. The van der Waals surface area contributed by atoms with Crippen molar-refractivity contribution in [1.29, 1.82) is 0 Å². The number of carbonyl (C=O) groups is 2. The van der Waals surface area contributed by atoms with E-state index in [1.54, 1.807) is 13.2 Å². The maximum atomic E-state index is 11.2. The number of ether oxygens (including phenoxy) is 1. The number of benzene rings is 1. The third-order valence-electron chi connectivity index (χ3n) is 2.07. The SMILES string of the molecule is CNC(=O)C(=O)NCc1ccccc1OC. The molecule has 0 heterocycles. The van der Waals surface area contributed by atoms with Gasteiger partial charge in [0.2, 0.25) is 0 Å². The van der Waals surface area contributed by atoms with Crippen LogP contribution in [0.2, 0.25) is 0 Å². The van der Waals surface area contributed by atoms with E-state index < -0.39 is 11.8 Å². The lowest BCUT2D eigenvalue weighted by Gasteiger charge is -2.08. The molecule has 0 radical (unpaired) electrons. The van der Waals surface area contributed by atoms with Crippen LogP contribution in [-0.4, -0.2) is 26.0 Å². The number of hydrogen-bond acceptors (Lipinski definition) is 3. The van der Waals surface area contributed by atoms with Crippen LogP contribution in [0.15, 0.2) is 24.3 Å². The number of nitrogens with one attached hydrogen (secondary N) is 2. The van der Waals surface area contributed by atoms with E-state index in [-0.39, 0.29) is 6.54 Å². The summed E-state index contributed by atoms with van der Waals surface area (Å²) in [4.78, 5) is 22.1. The first kappa shape index (κ1) is 12.0. The lowest BCUT2D eigenvalue weighted by molar-refractivity contribution is -0.139. The molecule has 0 aliphatic carbocycles. The lowest BCUT2D eigenvalue weighted by Crippen LogP contribution is -2.37. The van der Waals surface area contributed by atoms with E-state index in [2.05, 4.69) is 10.6 Å². The van der Waals surface area contributed by atoms with Crippen LogP contribution in [0.5, 0.6) is 5.75 Å². The second-order valence-electron chi connectivity index (χ2n) is 3.07. The van der Waals surface area contributed by atoms with Gasteiger partial charge in [0.1, 0.15) is 5.75 Å². The third-order valence-corrected chi connectivity index (χ3v) is 2.07. The molecule has 0 bridgehead atoms. The quantitative estimate of drug-likeness (QED) is 0.710. The van der Waals surface area contributed by atoms with Crippen LogP contribution in [0, 0.1) is 0 Å². The first-order valence-electron chi connectivity index (χ1n) is 4.81. The maximum absolute atomic E-state index is 11.2. The smallest absolute Gasteiger partial charge is 0.309 e. The van der Waals surface area contributed by atoms with Gasteiger partial charge in [0.15, 0.2) is 0 Å². The molecule has 5 heteroatoms. The van der Waals surface area contributed by atoms with Crippen molar-refractivity contribution in [2.24, 2.45) is 0 Å². The van der Waals surface area contributed by atoms with Gasteiger partial charge in [-0.05, 0) is 6.07 Å². The minimum absolute atomic E-state index is 0.260. The zero-order valence-electron chi connectivity index (χ0n) is 9.24. The fraction of sp³-hybridized carbons (Fsp3) is 0.273. The first-order valence-corrected chi connectivity index (χ1v) is 4.81. The Labute approximate surface area is 93.8 Å². The summed E-state index contributed by atoms with van der Waals surface area (Å²) in [5.74, 6) is -0.636. The Balaban J connectivity index is 2.61. The van der Waals surface area contributed by atoms with Crippen molar-refractivity contribution < 1.29 is 14.3 Å². The molecule has 1 aromatic carbocycles. The van der Waals surface area contributed by atoms with Crippen molar-refractivity contribution in [2.45, 2.75) is 6.54 Å². The summed E-state index contributed by atoms with van der Waals surface area (Å²) in [6.07, 6.45) is 0. The minimum Gasteiger partial charge on any atom is -0.496 e. The molecule has 0 atom stereocenters. The van der Waals surface area contributed by atoms with Gasteiger partial charge in [-0.25, -0.2) is 0 Å². The van der Waals surface area contributed by atoms with Gasteiger partial charge < -0.3 is 15.4 Å². The largest absolute Gasteiger partial charge is 0.496 e. The summed E-state index contributed by atoms with van der Waals surface area (Å²) in [6.45, 7) is 0.260. The number of amides is 2. The first-order chi connectivity index (χ1) is 7.69. The molecule has 0 aliphatic heterocycles. The van der Waals surface area contributed by atoms with E-state index in [4.69, 9.17) is 4.74 Å². The van der Waals surface area contributed by atoms with Crippen molar-refractivity contribution in [3.8, 4) is 5.75 Å². The van der Waals surface area contributed by atoms with Crippen molar-refractivity contribution in [3.63, 3.8) is 0 Å². The van der Waals surface area contributed by atoms with Crippen molar-refractivity contribution >= 4 is 11.8 Å². The van der Waals surface area contributed by atoms with Gasteiger partial charge in [0.05, 0.1) is 7.11 Å². The van der Waals surface area contributed by atoms with E-state index >= 15 is 0 Å². The monoisotopic (exact) mass is 222 g/mol. The van der Waals surface area contributed by atoms with Gasteiger partial charge in [-0.1, -0.05) is 18.2 Å². The third kappa shape index (κ3) is 2.98. The molecule has 0 fully saturated rings. The lowest BCUT2D eigenvalue weighted by atomic mass is 10.2. The van der Waals surface area contributed by atoms with Gasteiger partial charge in [0, 0.05) is 19.2 Å². The Morgan fingerprint density at radius 1 is 1.25 bits per heavy atom. The second kappa shape index (κ2) is 5.75. The van der Waals surface area contributed by atoms with E-state index in [0.717, 1.165) is 5.56 Å². The fourth-order valence-electron chi connectivity index (χ4n) is 1.22. The van der Waals surface area contributed by atoms with Crippen molar-refractivity contribution in [2.75, 3.05) is 14.2 Å². The Hall–Kier alpha value is -2.04. The van der Waals surface area contributed by atoms with Gasteiger partial charge in [-0.15, -0.1) is 0 Å². The average molecular weight is 222 g/mol. The number of para-hydroxylation sites is 1. The Kier molecular flexibility index (Phi) is 4.32. The summed E-state index contributed by atoms with van der Waals surface area (Å²) in [5.41, 5.74) is 0.822. The molecule has 0 aliphatic rings. The normalized spacial score (nSPS) is 9.38. The molecular weight excluding hydrogens is 208 g/mol. The van der Waals surface area contributed by atoms with Gasteiger partial charge >= 0.3 is 11.8 Å². The Bertz CT molecular complexity index is 391. The number of hydrogen-bond donors (Lipinski definition) is 2. The fourth-order valence-corrected chi connectivity index (χ4v) is 1.22. The zero-order chi connectivity index (χ0) is 12.0. The molecule has 0 saturated carbocycles. The number of carbonyl (C=O) groups excluding carboxylic acids is 2. The number of rotatable bonds is 3. The highest BCUT2D eigenvalue weighted by atomic mass is 16.5. The predicted octanol–water partition coefficient (Wildman–Crippen LogP) is 0.0574. The summed E-state index contributed by atoms with van der Waals surface area (Å²) in [7, 11) is 2.96. The van der Waals surface area contributed by atoms with E-state index in [1.165, 1.54) is 7.05 Å². The van der Waals surface area contributed by atoms with E-state index in [1.807, 2.05) is 18.2 Å². The molecule has 2 N–H and O–H groups in total. The predicted molar refractivity (Wildman–Crippen MR) is 58.9 cm³/mol. The molecule has 0 aromatic heterocycles. The molecule has 16 heavy (non-hydrogen) atoms. The molecule has 1 rings (SSSR count). The van der Waals surface area contributed by atoms with Crippen LogP contribution in [-0.2, 0) is 16.1 Å². The molecule has 0 saturated heterocycles. The van der Waals surface area contributed by atoms with Crippen molar-refractivity contribution in [1.82, 2.24) is 10.6 Å². The summed E-state index contributed by atoms with van der Waals surface area (Å²) < 4.78 is 5.11. The average Bonchev–Trinajstić information content (AvgIpc) is 2.35. The second-order valence-corrected chi connectivity index (χ2v) is 3.07. The molecule has 86 valence electrons. The molecule has 2 amide bonds. The van der Waals surface area contributed by atoms with Crippen LogP contribution in [0.3, 0.4) is 0 Å². The Morgan fingerprint density at radius 2 is 1.94 bits per heavy atom. The molecule has 0 unspecified atom stereocenters. The molecule has 0 spiro atoms. The van der Waals surface area contributed by atoms with Crippen LogP contribution >= 0.6 is 0 Å².